The molecule has 1 N–H and O–H groups in total. The summed E-state index contributed by atoms with van der Waals surface area (Å²) >= 11 is 0. The van der Waals surface area contributed by atoms with E-state index in [1.165, 1.54) is 0 Å². The second-order valence-corrected chi connectivity index (χ2v) is 6.59. The van der Waals surface area contributed by atoms with Gasteiger partial charge in [-0.2, -0.15) is 0 Å². The first kappa shape index (κ1) is 18.8. The first-order valence-corrected chi connectivity index (χ1v) is 9.04. The molecule has 142 valence electrons. The Kier molecular flexibility index (Phi) is 5.64. The fourth-order valence-electron chi connectivity index (χ4n) is 3.02. The lowest BCUT2D eigenvalue weighted by atomic mass is 10.2. The second kappa shape index (κ2) is 8.12. The molecule has 1 amide bonds. The van der Waals surface area contributed by atoms with E-state index in [-0.39, 0.29) is 12.0 Å². The van der Waals surface area contributed by atoms with E-state index in [1.54, 1.807) is 25.3 Å². The fraction of sp³-hybridized carbons (Fsp3) is 0.333. The Morgan fingerprint density at radius 3 is 2.70 bits per heavy atom. The third kappa shape index (κ3) is 4.22. The number of fused-ring (bicyclic) bond motifs is 1. The minimum atomic E-state index is -0.147. The number of hydrogen-bond donors (Lipinski definition) is 1. The van der Waals surface area contributed by atoms with Crippen molar-refractivity contribution in [3.63, 3.8) is 0 Å². The van der Waals surface area contributed by atoms with Crippen molar-refractivity contribution in [2.45, 2.75) is 33.4 Å². The monoisotopic (exact) mass is 367 g/mol. The number of aryl methyl sites for hydroxylation is 1. The molecule has 0 bridgehead atoms. The lowest BCUT2D eigenvalue weighted by molar-refractivity contribution is 0.0952. The average Bonchev–Trinajstić information content (AvgIpc) is 2.97. The number of carbonyl (C=O) groups is 1. The van der Waals surface area contributed by atoms with E-state index in [0.717, 1.165) is 16.9 Å². The van der Waals surface area contributed by atoms with Crippen LogP contribution >= 0.6 is 0 Å². The number of nitrogens with zero attached hydrogens (tertiary/aromatic N) is 2. The van der Waals surface area contributed by atoms with E-state index in [1.807, 2.05) is 45.0 Å². The number of nitrogens with one attached hydrogen (secondary N) is 1. The van der Waals surface area contributed by atoms with Crippen LogP contribution in [-0.2, 0) is 6.54 Å². The van der Waals surface area contributed by atoms with Gasteiger partial charge in [-0.3, -0.25) is 4.79 Å². The number of amides is 1. The summed E-state index contributed by atoms with van der Waals surface area (Å²) in [5.74, 6) is 1.96. The van der Waals surface area contributed by atoms with Crippen LogP contribution in [0.2, 0.25) is 0 Å². The summed E-state index contributed by atoms with van der Waals surface area (Å²) in [6.45, 7) is 7.03. The van der Waals surface area contributed by atoms with Crippen molar-refractivity contribution < 1.29 is 14.3 Å². The van der Waals surface area contributed by atoms with Gasteiger partial charge in [-0.1, -0.05) is 12.1 Å². The molecule has 6 nitrogen and oxygen atoms in total. The molecule has 0 saturated carbocycles. The van der Waals surface area contributed by atoms with E-state index >= 15 is 0 Å². The summed E-state index contributed by atoms with van der Waals surface area (Å²) in [5.41, 5.74) is 2.57. The highest BCUT2D eigenvalue weighted by molar-refractivity contribution is 5.94. The number of rotatable bonds is 7. The van der Waals surface area contributed by atoms with Crippen LogP contribution < -0.4 is 14.8 Å². The summed E-state index contributed by atoms with van der Waals surface area (Å²) in [4.78, 5) is 17.0. The molecule has 1 aromatic heterocycles. The third-order valence-electron chi connectivity index (χ3n) is 4.25. The molecule has 0 spiro atoms. The van der Waals surface area contributed by atoms with Gasteiger partial charge in [-0.05, 0) is 51.1 Å². The standard InChI is InChI=1S/C21H25N3O3/c1-14(2)27-19-10-9-16(13-20(19)26-4)21(25)22-11-12-24-15(3)23-17-7-5-6-8-18(17)24/h5-10,13-14H,11-12H2,1-4H3,(H,22,25). The maximum Gasteiger partial charge on any atom is 0.251 e. The minimum Gasteiger partial charge on any atom is -0.493 e. The lowest BCUT2D eigenvalue weighted by Gasteiger charge is -2.14. The molecule has 3 aromatic rings. The molecule has 0 aliphatic heterocycles. The van der Waals surface area contributed by atoms with Gasteiger partial charge in [0.15, 0.2) is 11.5 Å². The Morgan fingerprint density at radius 1 is 1.19 bits per heavy atom. The number of carbonyl (C=O) groups excluding carboxylic acids is 1. The van der Waals surface area contributed by atoms with Gasteiger partial charge in [0.2, 0.25) is 0 Å². The molecule has 0 unspecified atom stereocenters. The van der Waals surface area contributed by atoms with Crippen LogP contribution in [0.1, 0.15) is 30.0 Å². The highest BCUT2D eigenvalue weighted by Crippen LogP contribution is 2.29. The zero-order chi connectivity index (χ0) is 19.4. The van der Waals surface area contributed by atoms with Gasteiger partial charge >= 0.3 is 0 Å². The Bertz CT molecular complexity index is 947. The molecule has 0 saturated heterocycles. The molecule has 6 heteroatoms. The van der Waals surface area contributed by atoms with Gasteiger partial charge in [0.25, 0.3) is 5.91 Å². The summed E-state index contributed by atoms with van der Waals surface area (Å²) in [6, 6.07) is 13.2. The van der Waals surface area contributed by atoms with Crippen molar-refractivity contribution in [3.05, 3.63) is 53.9 Å². The van der Waals surface area contributed by atoms with Crippen molar-refractivity contribution in [3.8, 4) is 11.5 Å². The van der Waals surface area contributed by atoms with Crippen molar-refractivity contribution in [2.24, 2.45) is 0 Å². The van der Waals surface area contributed by atoms with E-state index in [2.05, 4.69) is 14.9 Å². The summed E-state index contributed by atoms with van der Waals surface area (Å²) < 4.78 is 13.1. The van der Waals surface area contributed by atoms with Gasteiger partial charge < -0.3 is 19.4 Å². The zero-order valence-electron chi connectivity index (χ0n) is 16.2. The number of ether oxygens (including phenoxy) is 2. The summed E-state index contributed by atoms with van der Waals surface area (Å²) in [6.07, 6.45) is 0.0341. The summed E-state index contributed by atoms with van der Waals surface area (Å²) in [5, 5.41) is 2.96. The second-order valence-electron chi connectivity index (χ2n) is 6.59. The molecule has 0 aliphatic carbocycles. The maximum atomic E-state index is 12.5. The lowest BCUT2D eigenvalue weighted by Crippen LogP contribution is -2.27. The van der Waals surface area contributed by atoms with Crippen LogP contribution in [0, 0.1) is 6.92 Å². The number of aromatic nitrogens is 2. The van der Waals surface area contributed by atoms with Crippen molar-refractivity contribution in [1.29, 1.82) is 0 Å². The SMILES string of the molecule is COc1cc(C(=O)NCCn2c(C)nc3ccccc32)ccc1OC(C)C. The van der Waals surface area contributed by atoms with Gasteiger partial charge in [0.05, 0.1) is 24.2 Å². The van der Waals surface area contributed by atoms with Crippen LogP contribution in [0.4, 0.5) is 0 Å². The molecule has 2 aromatic carbocycles. The molecule has 0 fully saturated rings. The number of benzene rings is 2. The first-order chi connectivity index (χ1) is 13.0. The van der Waals surface area contributed by atoms with Gasteiger partial charge in [-0.25, -0.2) is 4.98 Å². The molecule has 1 heterocycles. The molecular formula is C21H25N3O3. The number of para-hydroxylation sites is 2. The average molecular weight is 367 g/mol. The number of imidazole rings is 1. The predicted molar refractivity (Wildman–Crippen MR) is 106 cm³/mol. The van der Waals surface area contributed by atoms with Crippen molar-refractivity contribution in [1.82, 2.24) is 14.9 Å². The van der Waals surface area contributed by atoms with Crippen molar-refractivity contribution in [2.75, 3.05) is 13.7 Å². The van der Waals surface area contributed by atoms with Crippen molar-refractivity contribution >= 4 is 16.9 Å². The van der Waals surface area contributed by atoms with E-state index in [0.29, 0.717) is 30.2 Å². The Morgan fingerprint density at radius 2 is 1.96 bits per heavy atom. The maximum absolute atomic E-state index is 12.5. The molecule has 0 aliphatic rings. The van der Waals surface area contributed by atoms with Crippen LogP contribution in [0.25, 0.3) is 11.0 Å². The molecule has 0 atom stereocenters. The topological polar surface area (TPSA) is 65.4 Å². The molecule has 27 heavy (non-hydrogen) atoms. The molecule has 3 rings (SSSR count). The Labute approximate surface area is 159 Å². The zero-order valence-corrected chi connectivity index (χ0v) is 16.2. The predicted octanol–water partition coefficient (Wildman–Crippen LogP) is 3.57. The highest BCUT2D eigenvalue weighted by Gasteiger charge is 2.12. The van der Waals surface area contributed by atoms with E-state index in [4.69, 9.17) is 9.47 Å². The van der Waals surface area contributed by atoms with Gasteiger partial charge in [-0.15, -0.1) is 0 Å². The summed E-state index contributed by atoms with van der Waals surface area (Å²) in [7, 11) is 1.57. The third-order valence-corrected chi connectivity index (χ3v) is 4.25. The number of methoxy groups -OCH3 is 1. The molecular weight excluding hydrogens is 342 g/mol. The Hall–Kier alpha value is -3.02. The Balaban J connectivity index is 1.66. The molecule has 0 radical (unpaired) electrons. The highest BCUT2D eigenvalue weighted by atomic mass is 16.5. The first-order valence-electron chi connectivity index (χ1n) is 9.04. The van der Waals surface area contributed by atoms with Crippen LogP contribution in [0.15, 0.2) is 42.5 Å². The van der Waals surface area contributed by atoms with E-state index < -0.39 is 0 Å². The van der Waals surface area contributed by atoms with Crippen LogP contribution in [0.3, 0.4) is 0 Å². The smallest absolute Gasteiger partial charge is 0.251 e. The minimum absolute atomic E-state index is 0.0341. The number of hydrogen-bond acceptors (Lipinski definition) is 4. The van der Waals surface area contributed by atoms with Crippen LogP contribution in [-0.4, -0.2) is 35.2 Å². The van der Waals surface area contributed by atoms with E-state index in [9.17, 15) is 4.79 Å². The largest absolute Gasteiger partial charge is 0.493 e. The van der Waals surface area contributed by atoms with Gasteiger partial charge in [0, 0.05) is 18.7 Å². The van der Waals surface area contributed by atoms with Gasteiger partial charge in [0.1, 0.15) is 5.82 Å². The van der Waals surface area contributed by atoms with Crippen LogP contribution in [0.5, 0.6) is 11.5 Å². The fourth-order valence-corrected chi connectivity index (χ4v) is 3.02. The quantitative estimate of drug-likeness (QED) is 0.693. The normalized spacial score (nSPS) is 11.0.